The monoisotopic (exact) mass is 713 g/mol. The number of nitrogens with one attached hydrogen (secondary N) is 1. The van der Waals surface area contributed by atoms with Crippen LogP contribution in [-0.2, 0) is 24.4 Å². The fraction of sp³-hybridized carbons (Fsp3) is 0.226. The molecule has 0 fully saturated rings. The van der Waals surface area contributed by atoms with Crippen LogP contribution in [0.5, 0.6) is 11.8 Å². The Morgan fingerprint density at radius 2 is 1.64 bits per heavy atom. The summed E-state index contributed by atoms with van der Waals surface area (Å²) in [6, 6.07) is 4.94. The first-order valence-corrected chi connectivity index (χ1v) is 16.1. The molecule has 3 amide bonds. The molecule has 1 N–H and O–H groups in total. The molecule has 0 bridgehead atoms. The molecule has 258 valence electrons. The Labute approximate surface area is 280 Å². The van der Waals surface area contributed by atoms with Crippen molar-refractivity contribution in [2.24, 2.45) is 0 Å². The summed E-state index contributed by atoms with van der Waals surface area (Å²) < 4.78 is 92.4. The Balaban J connectivity index is 0.000000174. The highest BCUT2D eigenvalue weighted by atomic mass is 32.2. The van der Waals surface area contributed by atoms with Crippen molar-refractivity contribution in [3.05, 3.63) is 70.9 Å². The van der Waals surface area contributed by atoms with Crippen molar-refractivity contribution in [2.45, 2.75) is 30.8 Å². The predicted molar refractivity (Wildman–Crippen MR) is 166 cm³/mol. The van der Waals surface area contributed by atoms with E-state index in [1.807, 2.05) is 0 Å². The number of halogens is 4. The van der Waals surface area contributed by atoms with Crippen LogP contribution < -0.4 is 24.0 Å². The van der Waals surface area contributed by atoms with Gasteiger partial charge in [-0.05, 0) is 43.9 Å². The highest BCUT2D eigenvalue weighted by Crippen LogP contribution is 2.41. The van der Waals surface area contributed by atoms with Gasteiger partial charge in [-0.1, -0.05) is 12.0 Å². The number of methoxy groups -OCH3 is 1. The number of ether oxygens (including phenoxy) is 2. The molecule has 0 radical (unpaired) electrons. The second kappa shape index (κ2) is 13.1. The van der Waals surface area contributed by atoms with Crippen molar-refractivity contribution in [1.82, 2.24) is 19.6 Å². The minimum atomic E-state index is -4.58. The normalized spacial score (nSPS) is 15.6. The summed E-state index contributed by atoms with van der Waals surface area (Å²) in [6.07, 6.45) is 8.78. The number of imide groups is 1. The quantitative estimate of drug-likeness (QED) is 0.178. The van der Waals surface area contributed by atoms with Crippen LogP contribution in [0.1, 0.15) is 25.7 Å². The smallest absolute Gasteiger partial charge is 0.319 e. The topological polar surface area (TPSA) is 165 Å². The number of hydrogen-bond donors (Lipinski definition) is 1. The van der Waals surface area contributed by atoms with E-state index in [0.29, 0.717) is 28.5 Å². The molecule has 7 rings (SSSR count). The lowest BCUT2D eigenvalue weighted by Gasteiger charge is -2.29. The van der Waals surface area contributed by atoms with E-state index in [1.54, 1.807) is 4.72 Å². The summed E-state index contributed by atoms with van der Waals surface area (Å²) in [5, 5.41) is 2.65. The van der Waals surface area contributed by atoms with Crippen molar-refractivity contribution in [2.75, 3.05) is 34.8 Å². The first-order chi connectivity index (χ1) is 23.9. The van der Waals surface area contributed by atoms with Crippen LogP contribution >= 0.6 is 0 Å². The number of para-hydroxylation sites is 1. The lowest BCUT2D eigenvalue weighted by atomic mass is 9.93. The Hall–Kier alpha value is -6.03. The van der Waals surface area contributed by atoms with Gasteiger partial charge >= 0.3 is 6.01 Å². The van der Waals surface area contributed by atoms with Gasteiger partial charge in [0.1, 0.15) is 23.1 Å². The number of terminal acetylenes is 1. The first kappa shape index (κ1) is 33.9. The first-order valence-electron chi connectivity index (χ1n) is 14.6. The second-order valence-electron chi connectivity index (χ2n) is 10.8. The molecule has 0 unspecified atom stereocenters. The fourth-order valence-electron chi connectivity index (χ4n) is 5.44. The predicted octanol–water partition coefficient (Wildman–Crippen LogP) is 3.28. The maximum atomic E-state index is 14.7. The van der Waals surface area contributed by atoms with Crippen LogP contribution in [0.15, 0.2) is 52.8 Å². The number of anilines is 3. The third-order valence-electron chi connectivity index (χ3n) is 7.75. The van der Waals surface area contributed by atoms with Gasteiger partial charge in [-0.2, -0.15) is 17.9 Å². The molecule has 2 aromatic carbocycles. The summed E-state index contributed by atoms with van der Waals surface area (Å²) in [5.74, 6) is -2.81. The van der Waals surface area contributed by atoms with Crippen LogP contribution in [0.4, 0.5) is 34.6 Å². The molecule has 19 heteroatoms. The molecule has 2 aliphatic heterocycles. The molecule has 4 aromatic rings. The van der Waals surface area contributed by atoms with Crippen molar-refractivity contribution in [3.63, 3.8) is 0 Å². The van der Waals surface area contributed by atoms with Crippen LogP contribution in [-0.4, -0.2) is 66.0 Å². The average molecular weight is 714 g/mol. The standard InChI is InChI=1S/C19H15FN2O4.C12H8F3N5O3S/c1-2-7-21-15-9-14(13(20)8-16(15)26-10-17(21)23)22-18(24)11-5-3-4-6-12(11)19(22)25;1-23-12-16-5-8(15)10-17-11(18-20(10)12)24(21,22)19-9-6(13)3-2-4-7(9)14/h1,8-9H,3-7,10H2;2-5,19H,1H3. The van der Waals surface area contributed by atoms with E-state index in [9.17, 15) is 40.4 Å². The number of carbonyl (C=O) groups excluding carboxylic acids is 3. The maximum absolute atomic E-state index is 14.7. The maximum Gasteiger partial charge on any atom is 0.319 e. The van der Waals surface area contributed by atoms with Gasteiger partial charge in [0.15, 0.2) is 23.9 Å². The summed E-state index contributed by atoms with van der Waals surface area (Å²) in [6.45, 7) is -0.262. The van der Waals surface area contributed by atoms with Gasteiger partial charge in [0.25, 0.3) is 32.9 Å². The number of carbonyl (C=O) groups is 3. The molecule has 14 nitrogen and oxygen atoms in total. The fourth-order valence-corrected chi connectivity index (χ4v) is 6.39. The zero-order valence-corrected chi connectivity index (χ0v) is 26.6. The molecular weight excluding hydrogens is 690 g/mol. The Morgan fingerprint density at radius 3 is 2.26 bits per heavy atom. The number of sulfonamides is 1. The van der Waals surface area contributed by atoms with Crippen LogP contribution in [0.3, 0.4) is 0 Å². The van der Waals surface area contributed by atoms with E-state index in [0.717, 1.165) is 48.2 Å². The van der Waals surface area contributed by atoms with Gasteiger partial charge in [-0.15, -0.1) is 11.5 Å². The minimum Gasteiger partial charge on any atom is -0.481 e. The van der Waals surface area contributed by atoms with Gasteiger partial charge in [0.05, 0.1) is 31.2 Å². The van der Waals surface area contributed by atoms with Crippen LogP contribution in [0.2, 0.25) is 0 Å². The summed E-state index contributed by atoms with van der Waals surface area (Å²) in [5.41, 5.74) is -0.384. The van der Waals surface area contributed by atoms with Crippen molar-refractivity contribution in [1.29, 1.82) is 0 Å². The van der Waals surface area contributed by atoms with Gasteiger partial charge in [0, 0.05) is 17.2 Å². The van der Waals surface area contributed by atoms with E-state index < -0.39 is 61.6 Å². The van der Waals surface area contributed by atoms with Gasteiger partial charge < -0.3 is 9.47 Å². The molecular formula is C31H23F4N7O7S. The van der Waals surface area contributed by atoms with Crippen molar-refractivity contribution < 1.29 is 49.8 Å². The molecule has 0 spiro atoms. The number of nitrogens with zero attached hydrogens (tertiary/aromatic N) is 6. The van der Waals surface area contributed by atoms with Gasteiger partial charge in [-0.3, -0.25) is 24.0 Å². The van der Waals surface area contributed by atoms with E-state index in [1.165, 1.54) is 18.1 Å². The SMILES string of the molecule is C#CCN1C(=O)COc2cc(F)c(N3C(=O)C4=C(CCCC4)C3=O)cc21.COc1ncc(F)c2nc(S(=O)(=O)Nc3c(F)cccc3F)nn12. The Kier molecular flexibility index (Phi) is 8.88. The molecule has 2 aromatic heterocycles. The summed E-state index contributed by atoms with van der Waals surface area (Å²) >= 11 is 0. The molecule has 4 heterocycles. The number of amides is 3. The number of hydrogen-bond acceptors (Lipinski definition) is 10. The average Bonchev–Trinajstić information content (AvgIpc) is 3.66. The van der Waals surface area contributed by atoms with E-state index in [4.69, 9.17) is 15.9 Å². The highest BCUT2D eigenvalue weighted by Gasteiger charge is 2.41. The number of benzene rings is 2. The van der Waals surface area contributed by atoms with Gasteiger partial charge in [0.2, 0.25) is 0 Å². The highest BCUT2D eigenvalue weighted by molar-refractivity contribution is 7.92. The lowest BCUT2D eigenvalue weighted by Crippen LogP contribution is -2.39. The van der Waals surface area contributed by atoms with E-state index >= 15 is 0 Å². The largest absolute Gasteiger partial charge is 0.481 e. The lowest BCUT2D eigenvalue weighted by molar-refractivity contribution is -0.121. The molecule has 0 saturated carbocycles. The Morgan fingerprint density at radius 1 is 0.980 bits per heavy atom. The second-order valence-corrected chi connectivity index (χ2v) is 12.4. The third-order valence-corrected chi connectivity index (χ3v) is 8.87. The summed E-state index contributed by atoms with van der Waals surface area (Å²) in [7, 11) is -3.37. The number of aromatic nitrogens is 4. The van der Waals surface area contributed by atoms with Crippen LogP contribution in [0, 0.1) is 35.6 Å². The van der Waals surface area contributed by atoms with E-state index in [-0.39, 0.29) is 42.2 Å². The molecule has 0 atom stereocenters. The zero-order chi connectivity index (χ0) is 35.9. The molecule has 0 saturated heterocycles. The Bertz CT molecular complexity index is 2240. The summed E-state index contributed by atoms with van der Waals surface area (Å²) in [4.78, 5) is 46.6. The van der Waals surface area contributed by atoms with Crippen LogP contribution in [0.25, 0.3) is 5.65 Å². The minimum absolute atomic E-state index is 0.0170. The van der Waals surface area contributed by atoms with E-state index in [2.05, 4.69) is 21.0 Å². The number of fused-ring (bicyclic) bond motifs is 2. The molecule has 3 aliphatic rings. The third kappa shape index (κ3) is 5.93. The molecule has 1 aliphatic carbocycles. The van der Waals surface area contributed by atoms with Gasteiger partial charge in [-0.25, -0.2) is 27.4 Å². The van der Waals surface area contributed by atoms with Crippen molar-refractivity contribution >= 4 is 50.5 Å². The number of rotatable bonds is 6. The zero-order valence-electron chi connectivity index (χ0n) is 25.7. The van der Waals surface area contributed by atoms with Crippen molar-refractivity contribution in [3.8, 4) is 24.1 Å². The molecule has 50 heavy (non-hydrogen) atoms.